The average molecular weight is 551 g/mol. The number of phenolic OH excluding ortho intramolecular Hbond substituents is 1. The van der Waals surface area contributed by atoms with E-state index in [0.717, 1.165) is 55.5 Å². The van der Waals surface area contributed by atoms with Crippen LogP contribution in [0.25, 0.3) is 42.7 Å². The lowest BCUT2D eigenvalue weighted by Crippen LogP contribution is -2.14. The third-order valence-electron chi connectivity index (χ3n) is 7.33. The van der Waals surface area contributed by atoms with Gasteiger partial charge in [-0.1, -0.05) is 48.5 Å². The Kier molecular flexibility index (Phi) is 6.18. The average Bonchev–Trinajstić information content (AvgIpc) is 3.38. The van der Waals surface area contributed by atoms with Crippen LogP contribution in [-0.2, 0) is 0 Å². The van der Waals surface area contributed by atoms with Crippen LogP contribution >= 0.6 is 11.3 Å². The van der Waals surface area contributed by atoms with Crippen LogP contribution in [0.4, 0.5) is 17.2 Å². The van der Waals surface area contributed by atoms with Gasteiger partial charge in [0.2, 0.25) is 0 Å². The van der Waals surface area contributed by atoms with E-state index in [-0.39, 0.29) is 5.75 Å². The summed E-state index contributed by atoms with van der Waals surface area (Å²) in [5, 5.41) is 13.0. The summed E-state index contributed by atoms with van der Waals surface area (Å²) in [6.07, 6.45) is 3.65. The topological polar surface area (TPSA) is 62.1 Å². The van der Waals surface area contributed by atoms with Crippen LogP contribution in [0.15, 0.2) is 116 Å². The number of phenols is 1. The van der Waals surface area contributed by atoms with Gasteiger partial charge in [-0.05, 0) is 74.0 Å². The zero-order valence-corrected chi connectivity index (χ0v) is 23.4. The first-order valence-corrected chi connectivity index (χ1v) is 14.2. The highest BCUT2D eigenvalue weighted by Crippen LogP contribution is 2.44. The molecule has 0 saturated heterocycles. The molecule has 7 aromatic rings. The Morgan fingerprint density at radius 1 is 0.732 bits per heavy atom. The summed E-state index contributed by atoms with van der Waals surface area (Å²) in [5.74, 6) is 1.02. The van der Waals surface area contributed by atoms with Crippen molar-refractivity contribution in [3.63, 3.8) is 0 Å². The molecule has 0 fully saturated rings. The number of rotatable bonds is 5. The van der Waals surface area contributed by atoms with Crippen molar-refractivity contribution in [2.75, 3.05) is 4.90 Å². The Bertz CT molecular complexity index is 2030. The van der Waals surface area contributed by atoms with E-state index in [1.807, 2.05) is 61.8 Å². The highest BCUT2D eigenvalue weighted by atomic mass is 32.1. The maximum Gasteiger partial charge on any atom is 0.137 e. The molecule has 4 aromatic heterocycles. The summed E-state index contributed by atoms with van der Waals surface area (Å²) in [4.78, 5) is 16.7. The van der Waals surface area contributed by atoms with E-state index in [0.29, 0.717) is 5.56 Å². The minimum atomic E-state index is 0.211. The minimum absolute atomic E-state index is 0.211. The molecule has 0 radical (unpaired) electrons. The third-order valence-corrected chi connectivity index (χ3v) is 8.52. The predicted octanol–water partition coefficient (Wildman–Crippen LogP) is 9.37. The fourth-order valence-electron chi connectivity index (χ4n) is 5.43. The fourth-order valence-corrected chi connectivity index (χ4v) is 6.62. The van der Waals surface area contributed by atoms with Gasteiger partial charge in [-0.25, -0.2) is 9.97 Å². The van der Waals surface area contributed by atoms with Gasteiger partial charge in [0.05, 0.1) is 27.5 Å². The quantitative estimate of drug-likeness (QED) is 0.231. The highest BCUT2D eigenvalue weighted by molar-refractivity contribution is 7.26. The number of para-hydroxylation sites is 1. The Labute approximate surface area is 242 Å². The molecule has 198 valence electrons. The van der Waals surface area contributed by atoms with Gasteiger partial charge in [-0.3, -0.25) is 9.88 Å². The zero-order valence-electron chi connectivity index (χ0n) is 22.6. The number of aromatic nitrogens is 3. The van der Waals surface area contributed by atoms with Crippen LogP contribution < -0.4 is 4.90 Å². The largest absolute Gasteiger partial charge is 0.507 e. The van der Waals surface area contributed by atoms with Crippen LogP contribution in [0.5, 0.6) is 5.75 Å². The summed E-state index contributed by atoms with van der Waals surface area (Å²) in [6, 6.07) is 34.3. The molecule has 6 heteroatoms. The Morgan fingerprint density at radius 2 is 1.56 bits per heavy atom. The molecule has 0 amide bonds. The SMILES string of the molecule is Cc1ccnc(C)c1N(c1cccc(-c2nc(-c3ccccc3O)cc3c2sc2ccccc23)c1)c1ccccn1. The molecule has 0 bridgehead atoms. The first-order valence-electron chi connectivity index (χ1n) is 13.4. The zero-order chi connectivity index (χ0) is 27.9. The van der Waals surface area contributed by atoms with Crippen molar-refractivity contribution in [1.29, 1.82) is 0 Å². The summed E-state index contributed by atoms with van der Waals surface area (Å²) >= 11 is 1.74. The van der Waals surface area contributed by atoms with Crippen LogP contribution in [0.3, 0.4) is 0 Å². The molecule has 0 saturated carbocycles. The molecule has 4 heterocycles. The molecular weight excluding hydrogens is 524 g/mol. The molecule has 0 spiro atoms. The number of fused-ring (bicyclic) bond motifs is 3. The smallest absolute Gasteiger partial charge is 0.137 e. The Balaban J connectivity index is 1.49. The summed E-state index contributed by atoms with van der Waals surface area (Å²) in [7, 11) is 0. The second-order valence-corrected chi connectivity index (χ2v) is 11.0. The van der Waals surface area contributed by atoms with Gasteiger partial charge < -0.3 is 5.11 Å². The lowest BCUT2D eigenvalue weighted by atomic mass is 10.0. The number of hydrogen-bond acceptors (Lipinski definition) is 6. The van der Waals surface area contributed by atoms with E-state index < -0.39 is 0 Å². The lowest BCUT2D eigenvalue weighted by molar-refractivity contribution is 0.477. The molecule has 5 nitrogen and oxygen atoms in total. The molecule has 0 aliphatic carbocycles. The molecule has 1 N–H and O–H groups in total. The summed E-state index contributed by atoms with van der Waals surface area (Å²) in [5.41, 5.74) is 7.31. The number of aryl methyl sites for hydroxylation is 2. The second-order valence-electron chi connectivity index (χ2n) is 9.98. The normalized spacial score (nSPS) is 11.3. The maximum absolute atomic E-state index is 10.7. The van der Waals surface area contributed by atoms with Gasteiger partial charge in [0, 0.05) is 44.7 Å². The number of anilines is 3. The molecule has 0 atom stereocenters. The Morgan fingerprint density at radius 3 is 2.39 bits per heavy atom. The van der Waals surface area contributed by atoms with Gasteiger partial charge in [0.25, 0.3) is 0 Å². The van der Waals surface area contributed by atoms with Crippen molar-refractivity contribution in [3.8, 4) is 28.3 Å². The van der Waals surface area contributed by atoms with Gasteiger partial charge in [0.1, 0.15) is 11.6 Å². The standard InChI is InChI=1S/C35H26N4OS/c1-22-17-19-36-23(2)34(22)39(32-16-7-8-18-37-32)25-11-9-10-24(20-25)33-35-28(26-12-4-6-15-31(26)41-35)21-29(38-33)27-13-3-5-14-30(27)40/h3-21,40H,1-2H3. The Hall–Kier alpha value is -5.07. The predicted molar refractivity (Wildman–Crippen MR) is 169 cm³/mol. The number of benzene rings is 3. The maximum atomic E-state index is 10.7. The number of nitrogens with zero attached hydrogens (tertiary/aromatic N) is 4. The number of hydrogen-bond donors (Lipinski definition) is 1. The number of aromatic hydroxyl groups is 1. The number of pyridine rings is 3. The number of thiophene rings is 1. The van der Waals surface area contributed by atoms with E-state index in [1.165, 1.54) is 10.1 Å². The van der Waals surface area contributed by atoms with Crippen LogP contribution in [0.2, 0.25) is 0 Å². The van der Waals surface area contributed by atoms with Crippen molar-refractivity contribution in [1.82, 2.24) is 15.0 Å². The van der Waals surface area contributed by atoms with E-state index in [1.54, 1.807) is 17.4 Å². The van der Waals surface area contributed by atoms with Crippen LogP contribution in [-0.4, -0.2) is 20.1 Å². The second kappa shape index (κ2) is 10.2. The van der Waals surface area contributed by atoms with Crippen molar-refractivity contribution in [3.05, 3.63) is 127 Å². The lowest BCUT2D eigenvalue weighted by Gasteiger charge is -2.27. The monoisotopic (exact) mass is 550 g/mol. The van der Waals surface area contributed by atoms with Crippen molar-refractivity contribution in [2.24, 2.45) is 0 Å². The fraction of sp³-hybridized carbons (Fsp3) is 0.0571. The van der Waals surface area contributed by atoms with Crippen LogP contribution in [0, 0.1) is 13.8 Å². The molecule has 41 heavy (non-hydrogen) atoms. The van der Waals surface area contributed by atoms with E-state index >= 15 is 0 Å². The van der Waals surface area contributed by atoms with E-state index in [4.69, 9.17) is 9.97 Å². The van der Waals surface area contributed by atoms with Gasteiger partial charge in [-0.15, -0.1) is 11.3 Å². The first kappa shape index (κ1) is 24.9. The minimum Gasteiger partial charge on any atom is -0.507 e. The first-order chi connectivity index (χ1) is 20.1. The highest BCUT2D eigenvalue weighted by Gasteiger charge is 2.21. The van der Waals surface area contributed by atoms with E-state index in [2.05, 4.69) is 71.4 Å². The van der Waals surface area contributed by atoms with Crippen LogP contribution in [0.1, 0.15) is 11.3 Å². The molecule has 0 aliphatic heterocycles. The molecule has 0 aliphatic rings. The third kappa shape index (κ3) is 4.39. The van der Waals surface area contributed by atoms with Crippen molar-refractivity contribution in [2.45, 2.75) is 13.8 Å². The molecule has 3 aromatic carbocycles. The summed E-state index contributed by atoms with van der Waals surface area (Å²) in [6.45, 7) is 4.13. The van der Waals surface area contributed by atoms with Gasteiger partial charge >= 0.3 is 0 Å². The van der Waals surface area contributed by atoms with Gasteiger partial charge in [0.15, 0.2) is 0 Å². The van der Waals surface area contributed by atoms with Gasteiger partial charge in [-0.2, -0.15) is 0 Å². The molecular formula is C35H26N4OS. The molecule has 7 rings (SSSR count). The molecule has 0 unspecified atom stereocenters. The van der Waals surface area contributed by atoms with Crippen molar-refractivity contribution >= 4 is 48.7 Å². The van der Waals surface area contributed by atoms with Crippen molar-refractivity contribution < 1.29 is 5.11 Å². The van der Waals surface area contributed by atoms with E-state index in [9.17, 15) is 5.11 Å². The summed E-state index contributed by atoms with van der Waals surface area (Å²) < 4.78 is 2.31.